The summed E-state index contributed by atoms with van der Waals surface area (Å²) < 4.78 is 7.35. The zero-order valence-corrected chi connectivity index (χ0v) is 21.5. The number of carbonyl (C=O) groups is 4. The van der Waals surface area contributed by atoms with E-state index in [-0.39, 0.29) is 22.3 Å². The second-order valence-corrected chi connectivity index (χ2v) is 10.8. The van der Waals surface area contributed by atoms with Gasteiger partial charge in [-0.2, -0.15) is 0 Å². The third kappa shape index (κ3) is 2.69. The molecule has 0 saturated carbocycles. The highest BCUT2D eigenvalue weighted by atomic mass is 79.9. The maximum absolute atomic E-state index is 14.6. The molecule has 184 valence electrons. The molecular weight excluding hydrogens is 544 g/mol. The number of fused-ring (bicyclic) bond motifs is 2. The van der Waals surface area contributed by atoms with Gasteiger partial charge >= 0.3 is 0 Å². The summed E-state index contributed by atoms with van der Waals surface area (Å²) in [4.78, 5) is 57.8. The van der Waals surface area contributed by atoms with Crippen molar-refractivity contribution in [3.8, 4) is 0 Å². The number of Topliss-reactive ketones (excluding diaryl/α,β-unsaturated/α-hetero) is 4. The van der Waals surface area contributed by atoms with Crippen molar-refractivity contribution < 1.29 is 23.9 Å². The first-order chi connectivity index (χ1) is 18.4. The summed E-state index contributed by atoms with van der Waals surface area (Å²) in [6.45, 7) is 0. The number of hydrogen-bond donors (Lipinski definition) is 0. The van der Waals surface area contributed by atoms with E-state index in [0.29, 0.717) is 15.6 Å². The number of ketones is 4. The first-order valence-corrected chi connectivity index (χ1v) is 13.1. The molecule has 0 bridgehead atoms. The van der Waals surface area contributed by atoms with Crippen molar-refractivity contribution in [1.82, 2.24) is 0 Å². The van der Waals surface area contributed by atoms with Crippen molar-refractivity contribution in [2.24, 2.45) is 5.41 Å². The minimum Gasteiger partial charge on any atom is -0.348 e. The SMILES string of the molecule is O=C1c2ccccc2C(=O)C12O[C@@H](c1ccccc1)C1(C(=O)c3ccccc3C1=O)[C@H]2c1cccc(Br)c1. The molecule has 2 spiro atoms. The van der Waals surface area contributed by atoms with E-state index < -0.39 is 46.2 Å². The summed E-state index contributed by atoms with van der Waals surface area (Å²) in [7, 11) is 0. The van der Waals surface area contributed by atoms with Gasteiger partial charge in [-0.3, -0.25) is 19.2 Å². The zero-order valence-electron chi connectivity index (χ0n) is 19.9. The molecule has 0 N–H and O–H groups in total. The number of benzene rings is 4. The molecule has 6 heteroatoms. The van der Waals surface area contributed by atoms with Gasteiger partial charge in [0, 0.05) is 26.7 Å². The molecular formula is C32H19BrO5. The molecule has 7 rings (SSSR count). The zero-order chi connectivity index (χ0) is 26.2. The Bertz CT molecular complexity index is 1640. The van der Waals surface area contributed by atoms with Crippen LogP contribution in [0.2, 0.25) is 0 Å². The predicted molar refractivity (Wildman–Crippen MR) is 143 cm³/mol. The normalized spacial score (nSPS) is 22.3. The Morgan fingerprint density at radius 2 is 1.03 bits per heavy atom. The molecule has 4 aromatic carbocycles. The first kappa shape index (κ1) is 23.1. The number of rotatable bonds is 2. The smallest absolute Gasteiger partial charge is 0.204 e. The van der Waals surface area contributed by atoms with Crippen LogP contribution in [0.4, 0.5) is 0 Å². The van der Waals surface area contributed by atoms with Gasteiger partial charge in [-0.1, -0.05) is 107 Å². The monoisotopic (exact) mass is 562 g/mol. The minimum absolute atomic E-state index is 0.233. The molecule has 0 unspecified atom stereocenters. The lowest BCUT2D eigenvalue weighted by Gasteiger charge is -2.34. The second-order valence-electron chi connectivity index (χ2n) is 9.91. The van der Waals surface area contributed by atoms with Crippen molar-refractivity contribution in [3.05, 3.63) is 141 Å². The molecule has 5 nitrogen and oxygen atoms in total. The second kappa shape index (κ2) is 8.00. The van der Waals surface area contributed by atoms with Gasteiger partial charge in [-0.25, -0.2) is 0 Å². The average Bonchev–Trinajstić information content (AvgIpc) is 3.48. The fourth-order valence-corrected chi connectivity index (χ4v) is 7.06. The summed E-state index contributed by atoms with van der Waals surface area (Å²) in [5, 5.41) is 0. The standard InChI is InChI=1S/C32H19BrO5/c33-20-12-8-11-19(17-20)25-31(26(34)21-13-4-5-14-22(21)27(31)35)30(18-9-2-1-3-10-18)38-32(25)28(36)23-15-6-7-16-24(23)29(32)37/h1-17,25,30H/t25-,30+/m1/s1. The third-order valence-electron chi connectivity index (χ3n) is 8.12. The topological polar surface area (TPSA) is 77.5 Å². The molecule has 3 aliphatic rings. The Balaban J connectivity index is 1.60. The Morgan fingerprint density at radius 1 is 0.553 bits per heavy atom. The van der Waals surface area contributed by atoms with Gasteiger partial charge in [-0.05, 0) is 23.3 Å². The lowest BCUT2D eigenvalue weighted by molar-refractivity contribution is -0.0210. The largest absolute Gasteiger partial charge is 0.348 e. The van der Waals surface area contributed by atoms with Crippen LogP contribution in [0.25, 0.3) is 0 Å². The van der Waals surface area contributed by atoms with Gasteiger partial charge in [0.05, 0.1) is 5.92 Å². The van der Waals surface area contributed by atoms with Gasteiger partial charge in [0.25, 0.3) is 0 Å². The number of hydrogen-bond acceptors (Lipinski definition) is 5. The van der Waals surface area contributed by atoms with Crippen LogP contribution < -0.4 is 0 Å². The van der Waals surface area contributed by atoms with Crippen LogP contribution in [-0.2, 0) is 4.74 Å². The Hall–Kier alpha value is -4.00. The molecule has 1 aliphatic heterocycles. The number of halogens is 1. The summed E-state index contributed by atoms with van der Waals surface area (Å²) in [6, 6.07) is 29.3. The summed E-state index contributed by atoms with van der Waals surface area (Å²) in [5.41, 5.74) is -1.88. The lowest BCUT2D eigenvalue weighted by Crippen LogP contribution is -2.51. The molecule has 2 atom stereocenters. The number of ether oxygens (including phenoxy) is 1. The van der Waals surface area contributed by atoms with Crippen LogP contribution >= 0.6 is 15.9 Å². The Kier molecular flexibility index (Phi) is 4.87. The maximum atomic E-state index is 14.6. The van der Waals surface area contributed by atoms with Crippen molar-refractivity contribution in [2.75, 3.05) is 0 Å². The lowest BCUT2D eigenvalue weighted by atomic mass is 9.60. The maximum Gasteiger partial charge on any atom is 0.204 e. The van der Waals surface area contributed by atoms with E-state index in [1.54, 1.807) is 91.0 Å². The van der Waals surface area contributed by atoms with Gasteiger partial charge in [0.2, 0.25) is 17.2 Å². The van der Waals surface area contributed by atoms with Crippen LogP contribution in [0.15, 0.2) is 108 Å². The highest BCUT2D eigenvalue weighted by molar-refractivity contribution is 9.10. The van der Waals surface area contributed by atoms with Crippen molar-refractivity contribution in [1.29, 1.82) is 0 Å². The minimum atomic E-state index is -2.08. The quantitative estimate of drug-likeness (QED) is 0.272. The fourth-order valence-electron chi connectivity index (χ4n) is 6.64. The van der Waals surface area contributed by atoms with Crippen LogP contribution in [0.1, 0.15) is 64.6 Å². The van der Waals surface area contributed by atoms with E-state index in [9.17, 15) is 19.2 Å². The van der Waals surface area contributed by atoms with E-state index in [2.05, 4.69) is 15.9 Å². The molecule has 0 radical (unpaired) electrons. The third-order valence-corrected chi connectivity index (χ3v) is 8.62. The molecule has 1 fully saturated rings. The molecule has 1 saturated heterocycles. The van der Waals surface area contributed by atoms with Crippen LogP contribution in [-0.4, -0.2) is 28.7 Å². The van der Waals surface area contributed by atoms with Crippen molar-refractivity contribution in [3.63, 3.8) is 0 Å². The molecule has 0 aromatic heterocycles. The van der Waals surface area contributed by atoms with Gasteiger partial charge in [0.1, 0.15) is 11.5 Å². The summed E-state index contributed by atoms with van der Waals surface area (Å²) in [5.74, 6) is -3.14. The van der Waals surface area contributed by atoms with E-state index in [4.69, 9.17) is 4.74 Å². The van der Waals surface area contributed by atoms with Crippen LogP contribution in [0, 0.1) is 5.41 Å². The average molecular weight is 563 g/mol. The molecule has 2 aliphatic carbocycles. The summed E-state index contributed by atoms with van der Waals surface area (Å²) in [6.07, 6.45) is -1.16. The van der Waals surface area contributed by atoms with Crippen molar-refractivity contribution >= 4 is 39.1 Å². The Morgan fingerprint density at radius 3 is 1.55 bits per heavy atom. The Labute approximate surface area is 226 Å². The van der Waals surface area contributed by atoms with Crippen molar-refractivity contribution in [2.45, 2.75) is 17.6 Å². The fraction of sp³-hybridized carbons (Fsp3) is 0.125. The summed E-state index contributed by atoms with van der Waals surface area (Å²) >= 11 is 3.50. The first-order valence-electron chi connectivity index (χ1n) is 12.3. The predicted octanol–water partition coefficient (Wildman–Crippen LogP) is 6.19. The molecule has 4 aromatic rings. The molecule has 38 heavy (non-hydrogen) atoms. The van der Waals surface area contributed by atoms with Gasteiger partial charge in [0.15, 0.2) is 11.6 Å². The van der Waals surface area contributed by atoms with Crippen LogP contribution in [0.5, 0.6) is 0 Å². The van der Waals surface area contributed by atoms with E-state index >= 15 is 0 Å². The van der Waals surface area contributed by atoms with Gasteiger partial charge < -0.3 is 4.74 Å². The highest BCUT2D eigenvalue weighted by Gasteiger charge is 2.79. The van der Waals surface area contributed by atoms with E-state index in [1.165, 1.54) is 0 Å². The molecule has 0 amide bonds. The molecule has 1 heterocycles. The van der Waals surface area contributed by atoms with Crippen LogP contribution in [0.3, 0.4) is 0 Å². The van der Waals surface area contributed by atoms with E-state index in [1.807, 2.05) is 12.1 Å². The highest BCUT2D eigenvalue weighted by Crippen LogP contribution is 2.67. The van der Waals surface area contributed by atoms with E-state index in [0.717, 1.165) is 0 Å². The number of carbonyl (C=O) groups excluding carboxylic acids is 4. The van der Waals surface area contributed by atoms with Gasteiger partial charge in [-0.15, -0.1) is 0 Å².